The SMILES string of the molecule is CC1(C)Cc2[nH]ncc2CO1. The van der Waals surface area contributed by atoms with Crippen LogP contribution in [0.1, 0.15) is 25.1 Å². The molecular formula is C8H12N2O. The molecule has 0 atom stereocenters. The normalized spacial score (nSPS) is 21.3. The maximum atomic E-state index is 5.59. The molecule has 1 aromatic rings. The molecule has 1 aliphatic rings. The second-order valence-corrected chi connectivity index (χ2v) is 3.60. The largest absolute Gasteiger partial charge is 0.370 e. The van der Waals surface area contributed by atoms with E-state index in [0.717, 1.165) is 6.42 Å². The van der Waals surface area contributed by atoms with E-state index >= 15 is 0 Å². The molecule has 2 rings (SSSR count). The Hall–Kier alpha value is -0.830. The first kappa shape index (κ1) is 6.85. The number of ether oxygens (including phenoxy) is 1. The third-order valence-corrected chi connectivity index (χ3v) is 2.03. The number of aromatic nitrogens is 2. The Bertz CT molecular complexity index is 265. The van der Waals surface area contributed by atoms with Gasteiger partial charge in [-0.3, -0.25) is 5.10 Å². The molecule has 1 aliphatic heterocycles. The van der Waals surface area contributed by atoms with Gasteiger partial charge >= 0.3 is 0 Å². The number of H-pyrrole nitrogens is 1. The van der Waals surface area contributed by atoms with Crippen molar-refractivity contribution in [1.29, 1.82) is 0 Å². The van der Waals surface area contributed by atoms with Gasteiger partial charge in [-0.05, 0) is 13.8 Å². The Balaban J connectivity index is 2.32. The monoisotopic (exact) mass is 152 g/mol. The van der Waals surface area contributed by atoms with E-state index in [0.29, 0.717) is 6.61 Å². The average Bonchev–Trinajstić information content (AvgIpc) is 2.31. The zero-order valence-electron chi connectivity index (χ0n) is 6.85. The Labute approximate surface area is 65.8 Å². The van der Waals surface area contributed by atoms with Gasteiger partial charge in [0.1, 0.15) is 0 Å². The molecule has 1 aromatic heterocycles. The Kier molecular flexibility index (Phi) is 1.29. The minimum atomic E-state index is -0.0282. The fourth-order valence-corrected chi connectivity index (χ4v) is 1.37. The van der Waals surface area contributed by atoms with Gasteiger partial charge in [0.05, 0.1) is 18.4 Å². The minimum absolute atomic E-state index is 0.0282. The van der Waals surface area contributed by atoms with E-state index in [9.17, 15) is 0 Å². The topological polar surface area (TPSA) is 37.9 Å². The van der Waals surface area contributed by atoms with Crippen molar-refractivity contribution >= 4 is 0 Å². The fourth-order valence-electron chi connectivity index (χ4n) is 1.37. The van der Waals surface area contributed by atoms with Crippen LogP contribution in [0.2, 0.25) is 0 Å². The van der Waals surface area contributed by atoms with Gasteiger partial charge in [-0.15, -0.1) is 0 Å². The predicted molar refractivity (Wildman–Crippen MR) is 41.2 cm³/mol. The van der Waals surface area contributed by atoms with Gasteiger partial charge < -0.3 is 4.74 Å². The Morgan fingerprint density at radius 3 is 3.27 bits per heavy atom. The van der Waals surface area contributed by atoms with Gasteiger partial charge in [0.25, 0.3) is 0 Å². The van der Waals surface area contributed by atoms with E-state index in [1.165, 1.54) is 11.3 Å². The van der Waals surface area contributed by atoms with Crippen molar-refractivity contribution in [2.45, 2.75) is 32.5 Å². The zero-order chi connectivity index (χ0) is 7.90. The van der Waals surface area contributed by atoms with Gasteiger partial charge in [-0.25, -0.2) is 0 Å². The molecule has 11 heavy (non-hydrogen) atoms. The lowest BCUT2D eigenvalue weighted by molar-refractivity contribution is -0.0406. The number of hydrogen-bond donors (Lipinski definition) is 1. The smallest absolute Gasteiger partial charge is 0.0757 e. The van der Waals surface area contributed by atoms with Crippen molar-refractivity contribution in [2.24, 2.45) is 0 Å². The van der Waals surface area contributed by atoms with Gasteiger partial charge in [0.15, 0.2) is 0 Å². The highest BCUT2D eigenvalue weighted by molar-refractivity contribution is 5.19. The summed E-state index contributed by atoms with van der Waals surface area (Å²) in [5.74, 6) is 0. The second-order valence-electron chi connectivity index (χ2n) is 3.60. The number of aromatic amines is 1. The third-order valence-electron chi connectivity index (χ3n) is 2.03. The summed E-state index contributed by atoms with van der Waals surface area (Å²) in [7, 11) is 0. The molecule has 0 saturated heterocycles. The van der Waals surface area contributed by atoms with Crippen molar-refractivity contribution in [3.05, 3.63) is 17.5 Å². The molecule has 0 saturated carbocycles. The van der Waals surface area contributed by atoms with E-state index in [4.69, 9.17) is 4.74 Å². The van der Waals surface area contributed by atoms with Crippen LogP contribution in [0.3, 0.4) is 0 Å². The van der Waals surface area contributed by atoms with Crippen LogP contribution in [-0.4, -0.2) is 15.8 Å². The molecule has 0 bridgehead atoms. The van der Waals surface area contributed by atoms with Crippen molar-refractivity contribution in [2.75, 3.05) is 0 Å². The number of rotatable bonds is 0. The van der Waals surface area contributed by atoms with Crippen LogP contribution in [0, 0.1) is 0 Å². The van der Waals surface area contributed by atoms with Gasteiger partial charge in [0.2, 0.25) is 0 Å². The second kappa shape index (κ2) is 2.08. The zero-order valence-corrected chi connectivity index (χ0v) is 6.85. The Morgan fingerprint density at radius 2 is 2.45 bits per heavy atom. The number of hydrogen-bond acceptors (Lipinski definition) is 2. The van der Waals surface area contributed by atoms with Gasteiger partial charge in [-0.1, -0.05) is 0 Å². The molecule has 0 spiro atoms. The van der Waals surface area contributed by atoms with E-state index in [1.54, 1.807) is 0 Å². The van der Waals surface area contributed by atoms with Gasteiger partial charge in [-0.2, -0.15) is 5.10 Å². The molecule has 0 radical (unpaired) electrons. The summed E-state index contributed by atoms with van der Waals surface area (Å²) in [6, 6.07) is 0. The van der Waals surface area contributed by atoms with Crippen LogP contribution in [0.15, 0.2) is 6.20 Å². The van der Waals surface area contributed by atoms with E-state index in [1.807, 2.05) is 6.20 Å². The van der Waals surface area contributed by atoms with Crippen LogP contribution in [-0.2, 0) is 17.8 Å². The lowest BCUT2D eigenvalue weighted by Gasteiger charge is -2.29. The maximum Gasteiger partial charge on any atom is 0.0757 e. The number of fused-ring (bicyclic) bond motifs is 1. The summed E-state index contributed by atoms with van der Waals surface area (Å²) >= 11 is 0. The van der Waals surface area contributed by atoms with Crippen molar-refractivity contribution in [1.82, 2.24) is 10.2 Å². The highest BCUT2D eigenvalue weighted by Gasteiger charge is 2.26. The summed E-state index contributed by atoms with van der Waals surface area (Å²) in [5.41, 5.74) is 2.39. The molecule has 0 unspecified atom stereocenters. The molecule has 0 fully saturated rings. The minimum Gasteiger partial charge on any atom is -0.370 e. The third kappa shape index (κ3) is 1.16. The number of nitrogens with one attached hydrogen (secondary N) is 1. The van der Waals surface area contributed by atoms with Gasteiger partial charge in [0, 0.05) is 17.7 Å². The first-order chi connectivity index (χ1) is 5.17. The molecule has 3 nitrogen and oxygen atoms in total. The van der Waals surface area contributed by atoms with Crippen LogP contribution < -0.4 is 0 Å². The molecule has 1 N–H and O–H groups in total. The molecule has 2 heterocycles. The molecule has 0 aromatic carbocycles. The van der Waals surface area contributed by atoms with Crippen molar-refractivity contribution in [3.63, 3.8) is 0 Å². The van der Waals surface area contributed by atoms with E-state index < -0.39 is 0 Å². The summed E-state index contributed by atoms with van der Waals surface area (Å²) in [4.78, 5) is 0. The maximum absolute atomic E-state index is 5.59. The molecular weight excluding hydrogens is 140 g/mol. The Morgan fingerprint density at radius 1 is 1.64 bits per heavy atom. The number of nitrogens with zero attached hydrogens (tertiary/aromatic N) is 1. The fraction of sp³-hybridized carbons (Fsp3) is 0.625. The molecule has 60 valence electrons. The van der Waals surface area contributed by atoms with E-state index in [2.05, 4.69) is 24.0 Å². The highest BCUT2D eigenvalue weighted by Crippen LogP contribution is 2.25. The first-order valence-electron chi connectivity index (χ1n) is 3.82. The molecule has 0 aliphatic carbocycles. The summed E-state index contributed by atoms with van der Waals surface area (Å²) in [6.07, 6.45) is 2.77. The predicted octanol–water partition coefficient (Wildman–Crippen LogP) is 1.26. The van der Waals surface area contributed by atoms with E-state index in [-0.39, 0.29) is 5.60 Å². The first-order valence-corrected chi connectivity index (χ1v) is 3.82. The van der Waals surface area contributed by atoms with Crippen LogP contribution in [0.25, 0.3) is 0 Å². The molecule has 3 heteroatoms. The molecule has 0 amide bonds. The summed E-state index contributed by atoms with van der Waals surface area (Å²) in [5, 5.41) is 6.95. The highest BCUT2D eigenvalue weighted by atomic mass is 16.5. The standard InChI is InChI=1S/C8H12N2O/c1-8(2)3-7-6(5-11-8)4-9-10-7/h4H,3,5H2,1-2H3,(H,9,10). The van der Waals surface area contributed by atoms with Crippen LogP contribution >= 0.6 is 0 Å². The van der Waals surface area contributed by atoms with Crippen molar-refractivity contribution in [3.8, 4) is 0 Å². The quantitative estimate of drug-likeness (QED) is 0.607. The summed E-state index contributed by atoms with van der Waals surface area (Å²) in [6.45, 7) is 4.88. The van der Waals surface area contributed by atoms with Crippen LogP contribution in [0.5, 0.6) is 0 Å². The van der Waals surface area contributed by atoms with Crippen molar-refractivity contribution < 1.29 is 4.74 Å². The average molecular weight is 152 g/mol. The lowest BCUT2D eigenvalue weighted by Crippen LogP contribution is -2.31. The lowest BCUT2D eigenvalue weighted by atomic mass is 9.98. The summed E-state index contributed by atoms with van der Waals surface area (Å²) < 4.78 is 5.59. The van der Waals surface area contributed by atoms with Crippen LogP contribution in [0.4, 0.5) is 0 Å².